The zero-order valence-electron chi connectivity index (χ0n) is 9.62. The van der Waals surface area contributed by atoms with Gasteiger partial charge in [-0.2, -0.15) is 0 Å². The van der Waals surface area contributed by atoms with Crippen molar-refractivity contribution in [1.82, 2.24) is 5.32 Å². The normalized spacial score (nSPS) is 10.0. The molecule has 0 saturated carbocycles. The first-order chi connectivity index (χ1) is 7.56. The van der Waals surface area contributed by atoms with E-state index >= 15 is 0 Å². The van der Waals surface area contributed by atoms with Crippen LogP contribution in [0.4, 0.5) is 4.79 Å². The van der Waals surface area contributed by atoms with Crippen molar-refractivity contribution < 1.29 is 19.1 Å². The van der Waals surface area contributed by atoms with Crippen LogP contribution < -0.4 is 5.32 Å². The van der Waals surface area contributed by atoms with E-state index in [1.54, 1.807) is 0 Å². The van der Waals surface area contributed by atoms with Crippen LogP contribution in [0.2, 0.25) is 0 Å². The largest absolute Gasteiger partial charge is 0.465 e. The van der Waals surface area contributed by atoms with E-state index < -0.39 is 6.09 Å². The Morgan fingerprint density at radius 1 is 1.31 bits per heavy atom. The summed E-state index contributed by atoms with van der Waals surface area (Å²) in [7, 11) is 0. The maximum atomic E-state index is 11.1. The minimum atomic E-state index is -0.572. The van der Waals surface area contributed by atoms with E-state index in [4.69, 9.17) is 16.3 Å². The molecule has 0 fully saturated rings. The molecule has 0 aromatic heterocycles. The number of alkyl carbamates (subject to hydrolysis) is 1. The third-order valence-corrected chi connectivity index (χ3v) is 1.64. The Bertz CT molecular complexity index is 221. The van der Waals surface area contributed by atoms with Crippen LogP contribution in [0.1, 0.15) is 20.3 Å². The van der Waals surface area contributed by atoms with Gasteiger partial charge in [-0.15, -0.1) is 11.6 Å². The standard InChI is InChI=1S/C10H18ClNO4/c1-8(2)7-16-9(13)3-5-12-10(14)15-6-4-11/h8H,3-7H2,1-2H3,(H,12,14). The molecular weight excluding hydrogens is 234 g/mol. The van der Waals surface area contributed by atoms with E-state index in [1.807, 2.05) is 13.8 Å². The molecule has 1 N–H and O–H groups in total. The highest BCUT2D eigenvalue weighted by Crippen LogP contribution is 1.94. The monoisotopic (exact) mass is 251 g/mol. The molecule has 1 amide bonds. The molecule has 0 radical (unpaired) electrons. The van der Waals surface area contributed by atoms with Gasteiger partial charge in [0.05, 0.1) is 18.9 Å². The highest BCUT2D eigenvalue weighted by atomic mass is 35.5. The van der Waals surface area contributed by atoms with E-state index in [0.717, 1.165) is 0 Å². The molecule has 0 rings (SSSR count). The SMILES string of the molecule is CC(C)COC(=O)CCNC(=O)OCCCl. The van der Waals surface area contributed by atoms with Crippen molar-refractivity contribution in [3.63, 3.8) is 0 Å². The number of rotatable bonds is 7. The van der Waals surface area contributed by atoms with Crippen LogP contribution in [-0.4, -0.2) is 37.7 Å². The molecule has 6 heteroatoms. The quantitative estimate of drug-likeness (QED) is 0.551. The molecule has 0 aliphatic carbocycles. The number of esters is 1. The molecule has 0 aromatic carbocycles. The Balaban J connectivity index is 3.43. The number of nitrogens with one attached hydrogen (secondary N) is 1. The van der Waals surface area contributed by atoms with Gasteiger partial charge in [0.1, 0.15) is 6.61 Å². The van der Waals surface area contributed by atoms with E-state index in [2.05, 4.69) is 10.1 Å². The summed E-state index contributed by atoms with van der Waals surface area (Å²) in [5, 5.41) is 2.42. The van der Waals surface area contributed by atoms with Crippen LogP contribution in [-0.2, 0) is 14.3 Å². The van der Waals surface area contributed by atoms with Gasteiger partial charge in [-0.3, -0.25) is 4.79 Å². The number of halogens is 1. The molecule has 0 saturated heterocycles. The molecule has 94 valence electrons. The number of alkyl halides is 1. The second-order valence-electron chi connectivity index (χ2n) is 3.58. The average molecular weight is 252 g/mol. The van der Waals surface area contributed by atoms with Gasteiger partial charge in [-0.05, 0) is 5.92 Å². The fourth-order valence-electron chi connectivity index (χ4n) is 0.781. The van der Waals surface area contributed by atoms with E-state index in [-0.39, 0.29) is 31.4 Å². The summed E-state index contributed by atoms with van der Waals surface area (Å²) in [6.45, 7) is 4.67. The molecular formula is C10H18ClNO4. The van der Waals surface area contributed by atoms with E-state index in [9.17, 15) is 9.59 Å². The van der Waals surface area contributed by atoms with Gasteiger partial charge in [0.15, 0.2) is 0 Å². The second kappa shape index (κ2) is 9.27. The van der Waals surface area contributed by atoms with Crippen LogP contribution in [0.5, 0.6) is 0 Å². The fourth-order valence-corrected chi connectivity index (χ4v) is 0.858. The summed E-state index contributed by atoms with van der Waals surface area (Å²) in [6.07, 6.45) is -0.430. The predicted molar refractivity (Wildman–Crippen MR) is 60.5 cm³/mol. The zero-order valence-corrected chi connectivity index (χ0v) is 10.4. The smallest absolute Gasteiger partial charge is 0.407 e. The highest BCUT2D eigenvalue weighted by Gasteiger charge is 2.06. The van der Waals surface area contributed by atoms with Crippen LogP contribution in [0.15, 0.2) is 0 Å². The first-order valence-electron chi connectivity index (χ1n) is 5.18. The number of carbonyl (C=O) groups is 2. The highest BCUT2D eigenvalue weighted by molar-refractivity contribution is 6.18. The number of ether oxygens (including phenoxy) is 2. The maximum Gasteiger partial charge on any atom is 0.407 e. The topological polar surface area (TPSA) is 64.6 Å². The first kappa shape index (κ1) is 15.0. The summed E-state index contributed by atoms with van der Waals surface area (Å²) >= 11 is 5.32. The molecule has 0 unspecified atom stereocenters. The van der Waals surface area contributed by atoms with Crippen molar-refractivity contribution in [2.24, 2.45) is 5.92 Å². The van der Waals surface area contributed by atoms with Crippen molar-refractivity contribution in [3.05, 3.63) is 0 Å². The molecule has 0 atom stereocenters. The van der Waals surface area contributed by atoms with Gasteiger partial charge in [0.2, 0.25) is 0 Å². The molecule has 0 spiro atoms. The first-order valence-corrected chi connectivity index (χ1v) is 5.72. The third-order valence-electron chi connectivity index (χ3n) is 1.49. The Morgan fingerprint density at radius 3 is 2.56 bits per heavy atom. The Hall–Kier alpha value is -0.970. The lowest BCUT2D eigenvalue weighted by atomic mass is 10.2. The van der Waals surface area contributed by atoms with Crippen molar-refractivity contribution in [2.45, 2.75) is 20.3 Å². The summed E-state index contributed by atoms with van der Waals surface area (Å²) in [6, 6.07) is 0. The predicted octanol–water partition coefficient (Wildman–Crippen LogP) is 1.54. The number of hydrogen-bond donors (Lipinski definition) is 1. The van der Waals surface area contributed by atoms with E-state index in [1.165, 1.54) is 0 Å². The zero-order chi connectivity index (χ0) is 12.4. The fraction of sp³-hybridized carbons (Fsp3) is 0.800. The lowest BCUT2D eigenvalue weighted by Gasteiger charge is -2.07. The van der Waals surface area contributed by atoms with Gasteiger partial charge in [-0.25, -0.2) is 4.79 Å². The van der Waals surface area contributed by atoms with Crippen LogP contribution in [0.25, 0.3) is 0 Å². The van der Waals surface area contributed by atoms with Crippen molar-refractivity contribution in [3.8, 4) is 0 Å². The van der Waals surface area contributed by atoms with Gasteiger partial charge >= 0.3 is 12.1 Å². The van der Waals surface area contributed by atoms with Crippen LogP contribution >= 0.6 is 11.6 Å². The lowest BCUT2D eigenvalue weighted by molar-refractivity contribution is -0.144. The van der Waals surface area contributed by atoms with Crippen molar-refractivity contribution >= 4 is 23.7 Å². The average Bonchev–Trinajstić information content (AvgIpc) is 2.23. The Labute approximate surface area is 100 Å². The molecule has 0 aliphatic rings. The van der Waals surface area contributed by atoms with Gasteiger partial charge < -0.3 is 14.8 Å². The third kappa shape index (κ3) is 9.58. The van der Waals surface area contributed by atoms with Crippen LogP contribution in [0, 0.1) is 5.92 Å². The summed E-state index contributed by atoms with van der Waals surface area (Å²) in [4.78, 5) is 22.0. The summed E-state index contributed by atoms with van der Waals surface area (Å²) < 4.78 is 9.55. The molecule has 16 heavy (non-hydrogen) atoms. The number of carbonyl (C=O) groups excluding carboxylic acids is 2. The van der Waals surface area contributed by atoms with Crippen molar-refractivity contribution in [2.75, 3.05) is 25.6 Å². The number of hydrogen-bond acceptors (Lipinski definition) is 4. The minimum absolute atomic E-state index is 0.142. The maximum absolute atomic E-state index is 11.1. The molecule has 0 bridgehead atoms. The molecule has 0 heterocycles. The Morgan fingerprint density at radius 2 is 2.00 bits per heavy atom. The second-order valence-corrected chi connectivity index (χ2v) is 3.96. The molecule has 5 nitrogen and oxygen atoms in total. The van der Waals surface area contributed by atoms with Gasteiger partial charge in [-0.1, -0.05) is 13.8 Å². The van der Waals surface area contributed by atoms with Crippen LogP contribution in [0.3, 0.4) is 0 Å². The Kier molecular flexibility index (Phi) is 8.71. The summed E-state index contributed by atoms with van der Waals surface area (Å²) in [5.41, 5.74) is 0. The van der Waals surface area contributed by atoms with Gasteiger partial charge in [0.25, 0.3) is 0 Å². The lowest BCUT2D eigenvalue weighted by Crippen LogP contribution is -2.28. The molecule has 0 aromatic rings. The van der Waals surface area contributed by atoms with Crippen molar-refractivity contribution in [1.29, 1.82) is 0 Å². The van der Waals surface area contributed by atoms with Gasteiger partial charge in [0, 0.05) is 6.54 Å². The number of amides is 1. The van der Waals surface area contributed by atoms with E-state index in [0.29, 0.717) is 12.5 Å². The summed E-state index contributed by atoms with van der Waals surface area (Å²) in [5.74, 6) is 0.237. The minimum Gasteiger partial charge on any atom is -0.465 e. The molecule has 0 aliphatic heterocycles.